The largest absolute Gasteiger partial charge is 0.348 e. The molecule has 1 N–H and O–H groups in total. The van der Waals surface area contributed by atoms with Gasteiger partial charge in [0, 0.05) is 31.4 Å². The number of nitrogens with zero attached hydrogens (tertiary/aromatic N) is 6. The molecule has 10 heteroatoms. The van der Waals surface area contributed by atoms with Crippen LogP contribution in [0.1, 0.15) is 32.9 Å². The van der Waals surface area contributed by atoms with Crippen molar-refractivity contribution in [3.63, 3.8) is 0 Å². The Morgan fingerprint density at radius 1 is 1.35 bits per heavy atom. The lowest BCUT2D eigenvalue weighted by Gasteiger charge is -2.33. The van der Waals surface area contributed by atoms with E-state index in [0.29, 0.717) is 35.7 Å². The van der Waals surface area contributed by atoms with E-state index in [1.54, 1.807) is 34.2 Å². The molecule has 0 spiro atoms. The quantitative estimate of drug-likeness (QED) is 0.517. The van der Waals surface area contributed by atoms with E-state index in [2.05, 4.69) is 20.1 Å². The number of amides is 1. The third-order valence-electron chi connectivity index (χ3n) is 5.50. The Bertz CT molecular complexity index is 1240. The first kappa shape index (κ1) is 19.8. The van der Waals surface area contributed by atoms with Gasteiger partial charge in [-0.25, -0.2) is 14.4 Å². The molecule has 0 unspecified atom stereocenters. The molecule has 4 heterocycles. The second-order valence-electron chi connectivity index (χ2n) is 7.80. The minimum Gasteiger partial charge on any atom is -0.348 e. The van der Waals surface area contributed by atoms with E-state index >= 15 is 0 Å². The number of carbonyl (C=O) groups excluding carboxylic acids is 1. The number of nitrogens with one attached hydrogen (secondary N) is 1. The standard InChI is InChI=1S/C21H22FN7OS/c1-27(2)10-11-29-15(6-8-25-29)21(30)28-9-7-14-18(24-12-23-14)19(28)20-26-17-13(22)4-3-5-16(17)31-20/h3-6,8,12,19H,7,9-11H2,1-2H3,(H,23,24)/t19-/m0/s1. The van der Waals surface area contributed by atoms with Crippen LogP contribution in [0.2, 0.25) is 0 Å². The van der Waals surface area contributed by atoms with Crippen LogP contribution in [-0.2, 0) is 13.0 Å². The molecular formula is C21H22FN7OS. The summed E-state index contributed by atoms with van der Waals surface area (Å²) in [5, 5.41) is 4.99. The first-order valence-corrected chi connectivity index (χ1v) is 10.9. The molecule has 1 amide bonds. The molecule has 160 valence electrons. The molecule has 1 atom stereocenters. The smallest absolute Gasteiger partial charge is 0.273 e. The number of fused-ring (bicyclic) bond motifs is 2. The number of thiazole rings is 1. The summed E-state index contributed by atoms with van der Waals surface area (Å²) in [5.74, 6) is -0.493. The predicted octanol–water partition coefficient (Wildman–Crippen LogP) is 2.70. The van der Waals surface area contributed by atoms with Gasteiger partial charge in [-0.3, -0.25) is 9.48 Å². The summed E-state index contributed by atoms with van der Waals surface area (Å²) >= 11 is 1.39. The van der Waals surface area contributed by atoms with Crippen LogP contribution >= 0.6 is 11.3 Å². The fourth-order valence-corrected chi connectivity index (χ4v) is 5.03. The number of aromatic nitrogens is 5. The van der Waals surface area contributed by atoms with Gasteiger partial charge in [0.1, 0.15) is 28.1 Å². The van der Waals surface area contributed by atoms with Gasteiger partial charge >= 0.3 is 0 Å². The van der Waals surface area contributed by atoms with Crippen molar-refractivity contribution >= 4 is 27.5 Å². The Hall–Kier alpha value is -3.11. The Labute approximate surface area is 182 Å². The SMILES string of the molecule is CN(C)CCn1nccc1C(=O)N1CCc2[nH]cnc2[C@H]1c1nc2c(F)cccc2s1. The lowest BCUT2D eigenvalue weighted by atomic mass is 10.0. The van der Waals surface area contributed by atoms with Crippen LogP contribution in [0.15, 0.2) is 36.8 Å². The van der Waals surface area contributed by atoms with Crippen LogP contribution < -0.4 is 0 Å². The highest BCUT2D eigenvalue weighted by molar-refractivity contribution is 7.18. The number of benzene rings is 1. The highest BCUT2D eigenvalue weighted by atomic mass is 32.1. The number of likely N-dealkylation sites (N-methyl/N-ethyl adjacent to an activating group) is 1. The number of H-pyrrole nitrogens is 1. The molecule has 0 aliphatic carbocycles. The van der Waals surface area contributed by atoms with Crippen LogP contribution in [-0.4, -0.2) is 67.6 Å². The van der Waals surface area contributed by atoms with E-state index in [9.17, 15) is 9.18 Å². The molecular weight excluding hydrogens is 417 g/mol. The van der Waals surface area contributed by atoms with Crippen LogP contribution in [0.25, 0.3) is 10.2 Å². The summed E-state index contributed by atoms with van der Waals surface area (Å²) in [7, 11) is 3.97. The molecule has 0 fully saturated rings. The molecule has 5 rings (SSSR count). The van der Waals surface area contributed by atoms with E-state index in [4.69, 9.17) is 0 Å². The van der Waals surface area contributed by atoms with Crippen LogP contribution in [0.3, 0.4) is 0 Å². The zero-order valence-electron chi connectivity index (χ0n) is 17.2. The van der Waals surface area contributed by atoms with Gasteiger partial charge in [0.05, 0.1) is 23.3 Å². The molecule has 0 radical (unpaired) electrons. The highest BCUT2D eigenvalue weighted by Crippen LogP contribution is 2.38. The Balaban J connectivity index is 1.55. The van der Waals surface area contributed by atoms with E-state index in [1.807, 2.05) is 25.1 Å². The van der Waals surface area contributed by atoms with Gasteiger partial charge in [0.15, 0.2) is 0 Å². The van der Waals surface area contributed by atoms with Crippen molar-refractivity contribution in [2.24, 2.45) is 0 Å². The van der Waals surface area contributed by atoms with Gasteiger partial charge in [-0.1, -0.05) is 6.07 Å². The van der Waals surface area contributed by atoms with Gasteiger partial charge in [0.25, 0.3) is 5.91 Å². The van der Waals surface area contributed by atoms with Crippen molar-refractivity contribution in [2.75, 3.05) is 27.2 Å². The fourth-order valence-electron chi connectivity index (χ4n) is 3.93. The zero-order chi connectivity index (χ0) is 21.5. The Morgan fingerprint density at radius 2 is 2.23 bits per heavy atom. The van der Waals surface area contributed by atoms with Crippen molar-refractivity contribution in [3.05, 3.63) is 64.7 Å². The van der Waals surface area contributed by atoms with Crippen LogP contribution in [0.5, 0.6) is 0 Å². The summed E-state index contributed by atoms with van der Waals surface area (Å²) in [5.41, 5.74) is 2.60. The summed E-state index contributed by atoms with van der Waals surface area (Å²) in [4.78, 5) is 29.7. The molecule has 1 aromatic carbocycles. The summed E-state index contributed by atoms with van der Waals surface area (Å²) in [6.45, 7) is 1.89. The third kappa shape index (κ3) is 3.51. The number of halogens is 1. The highest BCUT2D eigenvalue weighted by Gasteiger charge is 2.37. The molecule has 0 saturated heterocycles. The molecule has 0 bridgehead atoms. The number of rotatable bonds is 5. The first-order valence-electron chi connectivity index (χ1n) is 10.1. The second kappa shape index (κ2) is 7.86. The maximum absolute atomic E-state index is 14.3. The normalized spacial score (nSPS) is 16.3. The molecule has 0 saturated carbocycles. The van der Waals surface area contributed by atoms with E-state index in [-0.39, 0.29) is 11.7 Å². The van der Waals surface area contributed by atoms with Crippen molar-refractivity contribution in [1.82, 2.24) is 34.5 Å². The number of imidazole rings is 1. The number of aromatic amines is 1. The Morgan fingerprint density at radius 3 is 3.03 bits per heavy atom. The number of para-hydroxylation sites is 1. The second-order valence-corrected chi connectivity index (χ2v) is 8.86. The van der Waals surface area contributed by atoms with Gasteiger partial charge < -0.3 is 14.8 Å². The summed E-state index contributed by atoms with van der Waals surface area (Å²) in [6, 6.07) is 6.19. The lowest BCUT2D eigenvalue weighted by Crippen LogP contribution is -2.41. The number of carbonyl (C=O) groups is 1. The number of hydrogen-bond donors (Lipinski definition) is 1. The molecule has 1 aliphatic heterocycles. The minimum absolute atomic E-state index is 0.130. The lowest BCUT2D eigenvalue weighted by molar-refractivity contribution is 0.0676. The Kier molecular flexibility index (Phi) is 5.03. The van der Waals surface area contributed by atoms with E-state index in [1.165, 1.54) is 17.4 Å². The van der Waals surface area contributed by atoms with Gasteiger partial charge in [-0.2, -0.15) is 5.10 Å². The number of hydrogen-bond acceptors (Lipinski definition) is 6. The van der Waals surface area contributed by atoms with Crippen LogP contribution in [0, 0.1) is 5.82 Å². The van der Waals surface area contributed by atoms with Gasteiger partial charge in [-0.05, 0) is 32.3 Å². The predicted molar refractivity (Wildman–Crippen MR) is 116 cm³/mol. The maximum atomic E-state index is 14.3. The minimum atomic E-state index is -0.475. The van der Waals surface area contributed by atoms with Crippen molar-refractivity contribution in [2.45, 2.75) is 19.0 Å². The molecule has 31 heavy (non-hydrogen) atoms. The third-order valence-corrected chi connectivity index (χ3v) is 6.57. The van der Waals surface area contributed by atoms with E-state index < -0.39 is 6.04 Å². The van der Waals surface area contributed by atoms with Crippen molar-refractivity contribution in [3.8, 4) is 0 Å². The molecule has 3 aromatic heterocycles. The summed E-state index contributed by atoms with van der Waals surface area (Å²) < 4.78 is 16.8. The molecule has 8 nitrogen and oxygen atoms in total. The van der Waals surface area contributed by atoms with Crippen molar-refractivity contribution in [1.29, 1.82) is 0 Å². The average Bonchev–Trinajstić information content (AvgIpc) is 3.49. The zero-order valence-corrected chi connectivity index (χ0v) is 18.1. The maximum Gasteiger partial charge on any atom is 0.273 e. The van der Waals surface area contributed by atoms with Crippen LogP contribution in [0.4, 0.5) is 4.39 Å². The van der Waals surface area contributed by atoms with Gasteiger partial charge in [0.2, 0.25) is 0 Å². The molecule has 4 aromatic rings. The first-order chi connectivity index (χ1) is 15.0. The topological polar surface area (TPSA) is 82.9 Å². The monoisotopic (exact) mass is 439 g/mol. The molecule has 1 aliphatic rings. The fraction of sp³-hybridized carbons (Fsp3) is 0.333. The van der Waals surface area contributed by atoms with Crippen molar-refractivity contribution < 1.29 is 9.18 Å². The van der Waals surface area contributed by atoms with Gasteiger partial charge in [-0.15, -0.1) is 11.3 Å². The average molecular weight is 440 g/mol. The summed E-state index contributed by atoms with van der Waals surface area (Å²) in [6.07, 6.45) is 3.96. The van der Waals surface area contributed by atoms with E-state index in [0.717, 1.165) is 22.6 Å².